The van der Waals surface area contributed by atoms with Crippen molar-refractivity contribution >= 4 is 11.8 Å². The topological polar surface area (TPSA) is 41.6 Å². The summed E-state index contributed by atoms with van der Waals surface area (Å²) in [5.74, 6) is 0. The second kappa shape index (κ2) is 7.14. The Kier molecular flexibility index (Phi) is 5.21. The van der Waals surface area contributed by atoms with Crippen molar-refractivity contribution in [1.29, 1.82) is 0 Å². The molecule has 1 amide bonds. The number of rotatable bonds is 4. The molecular formula is C15H22N2O2. The van der Waals surface area contributed by atoms with E-state index in [9.17, 15) is 4.79 Å². The highest BCUT2D eigenvalue weighted by atomic mass is 16.5. The van der Waals surface area contributed by atoms with Gasteiger partial charge in [-0.3, -0.25) is 10.2 Å². The van der Waals surface area contributed by atoms with Crippen LogP contribution in [-0.2, 0) is 4.74 Å². The lowest BCUT2D eigenvalue weighted by Crippen LogP contribution is -2.33. The zero-order chi connectivity index (χ0) is 13.5. The van der Waals surface area contributed by atoms with E-state index in [1.165, 1.54) is 19.3 Å². The highest BCUT2D eigenvalue weighted by Crippen LogP contribution is 2.10. The fourth-order valence-electron chi connectivity index (χ4n) is 2.33. The number of likely N-dealkylation sites (tertiary alicyclic amines) is 1. The number of carbonyl (C=O) groups excluding carboxylic acids is 1. The number of hydrogen-bond donors (Lipinski definition) is 1. The number of nitrogens with one attached hydrogen (secondary N) is 1. The summed E-state index contributed by atoms with van der Waals surface area (Å²) in [6.45, 7) is 5.54. The molecule has 0 aromatic heterocycles. The van der Waals surface area contributed by atoms with E-state index in [0.29, 0.717) is 6.61 Å². The Labute approximate surface area is 114 Å². The van der Waals surface area contributed by atoms with Crippen molar-refractivity contribution in [2.24, 2.45) is 0 Å². The summed E-state index contributed by atoms with van der Waals surface area (Å²) in [5, 5.41) is 2.74. The zero-order valence-electron chi connectivity index (χ0n) is 11.5. The van der Waals surface area contributed by atoms with Crippen LogP contribution in [0.3, 0.4) is 0 Å². The van der Waals surface area contributed by atoms with E-state index >= 15 is 0 Å². The summed E-state index contributed by atoms with van der Waals surface area (Å²) in [6, 6.07) is 7.69. The van der Waals surface area contributed by atoms with E-state index in [2.05, 4.69) is 10.2 Å². The largest absolute Gasteiger partial charge is 0.448 e. The van der Waals surface area contributed by atoms with Gasteiger partial charge in [-0.05, 0) is 50.6 Å². The first-order chi connectivity index (χ1) is 9.24. The average molecular weight is 262 g/mol. The highest BCUT2D eigenvalue weighted by molar-refractivity contribution is 5.84. The third-order valence-electron chi connectivity index (χ3n) is 3.35. The molecule has 1 N–H and O–H groups in total. The van der Waals surface area contributed by atoms with Gasteiger partial charge in [-0.1, -0.05) is 18.6 Å². The van der Waals surface area contributed by atoms with E-state index in [1.54, 1.807) is 0 Å². The Morgan fingerprint density at radius 1 is 1.32 bits per heavy atom. The molecule has 0 unspecified atom stereocenters. The van der Waals surface area contributed by atoms with Crippen LogP contribution in [0, 0.1) is 6.92 Å². The molecule has 0 atom stereocenters. The van der Waals surface area contributed by atoms with Gasteiger partial charge >= 0.3 is 6.09 Å². The van der Waals surface area contributed by atoms with Gasteiger partial charge in [-0.25, -0.2) is 4.79 Å². The second-order valence-corrected chi connectivity index (χ2v) is 5.03. The number of nitrogens with zero attached hydrogens (tertiary/aromatic N) is 1. The first-order valence-electron chi connectivity index (χ1n) is 6.97. The molecule has 4 heteroatoms. The molecule has 1 fully saturated rings. The SMILES string of the molecule is Cc1cccc(NC(=O)OCCN2CCCCC2)c1. The molecule has 0 radical (unpaired) electrons. The quantitative estimate of drug-likeness (QED) is 0.906. The molecule has 1 aromatic carbocycles. The standard InChI is InChI=1S/C15H22N2O2/c1-13-6-5-7-14(12-13)16-15(18)19-11-10-17-8-3-2-4-9-17/h5-7,12H,2-4,8-11H2,1H3,(H,16,18). The normalized spacial score (nSPS) is 16.1. The predicted molar refractivity (Wildman–Crippen MR) is 76.4 cm³/mol. The van der Waals surface area contributed by atoms with Crippen molar-refractivity contribution in [1.82, 2.24) is 4.90 Å². The Balaban J connectivity index is 1.67. The van der Waals surface area contributed by atoms with Crippen LogP contribution in [-0.4, -0.2) is 37.2 Å². The van der Waals surface area contributed by atoms with Crippen molar-refractivity contribution in [2.75, 3.05) is 31.6 Å². The number of anilines is 1. The molecule has 1 aliphatic heterocycles. The summed E-state index contributed by atoms with van der Waals surface area (Å²) in [4.78, 5) is 14.0. The van der Waals surface area contributed by atoms with Gasteiger partial charge in [0.25, 0.3) is 0 Å². The van der Waals surface area contributed by atoms with E-state index in [-0.39, 0.29) is 6.09 Å². The minimum atomic E-state index is -0.373. The maximum absolute atomic E-state index is 11.6. The third-order valence-corrected chi connectivity index (χ3v) is 3.35. The molecule has 1 heterocycles. The fourth-order valence-corrected chi connectivity index (χ4v) is 2.33. The molecule has 2 rings (SSSR count). The molecule has 0 bridgehead atoms. The van der Waals surface area contributed by atoms with Gasteiger partial charge in [0.2, 0.25) is 0 Å². The Bertz CT molecular complexity index is 414. The van der Waals surface area contributed by atoms with Crippen LogP contribution >= 0.6 is 0 Å². The van der Waals surface area contributed by atoms with Crippen LogP contribution in [0.1, 0.15) is 24.8 Å². The maximum atomic E-state index is 11.6. The Morgan fingerprint density at radius 3 is 2.84 bits per heavy atom. The molecule has 104 valence electrons. The zero-order valence-corrected chi connectivity index (χ0v) is 11.5. The molecule has 4 nitrogen and oxygen atoms in total. The van der Waals surface area contributed by atoms with Crippen LogP contribution in [0.5, 0.6) is 0 Å². The average Bonchev–Trinajstić information content (AvgIpc) is 2.40. The molecule has 19 heavy (non-hydrogen) atoms. The lowest BCUT2D eigenvalue weighted by molar-refractivity contribution is 0.131. The summed E-state index contributed by atoms with van der Waals surface area (Å²) in [7, 11) is 0. The van der Waals surface area contributed by atoms with Gasteiger partial charge in [-0.2, -0.15) is 0 Å². The van der Waals surface area contributed by atoms with E-state index < -0.39 is 0 Å². The molecule has 0 spiro atoms. The van der Waals surface area contributed by atoms with Crippen molar-refractivity contribution in [2.45, 2.75) is 26.2 Å². The Hall–Kier alpha value is -1.55. The van der Waals surface area contributed by atoms with Gasteiger partial charge < -0.3 is 4.74 Å². The number of aryl methyl sites for hydroxylation is 1. The van der Waals surface area contributed by atoms with E-state index in [1.807, 2.05) is 31.2 Å². The number of piperidine rings is 1. The van der Waals surface area contributed by atoms with Crippen LogP contribution < -0.4 is 5.32 Å². The van der Waals surface area contributed by atoms with Gasteiger partial charge in [0, 0.05) is 12.2 Å². The monoisotopic (exact) mass is 262 g/mol. The fraction of sp³-hybridized carbons (Fsp3) is 0.533. The molecule has 1 saturated heterocycles. The number of benzene rings is 1. The number of amides is 1. The highest BCUT2D eigenvalue weighted by Gasteiger charge is 2.10. The van der Waals surface area contributed by atoms with Crippen molar-refractivity contribution in [3.63, 3.8) is 0 Å². The minimum Gasteiger partial charge on any atom is -0.448 e. The predicted octanol–water partition coefficient (Wildman–Crippen LogP) is 3.03. The maximum Gasteiger partial charge on any atom is 0.411 e. The number of hydrogen-bond acceptors (Lipinski definition) is 3. The van der Waals surface area contributed by atoms with E-state index in [4.69, 9.17) is 4.74 Å². The lowest BCUT2D eigenvalue weighted by Gasteiger charge is -2.25. The molecule has 1 aliphatic rings. The van der Waals surface area contributed by atoms with Crippen molar-refractivity contribution < 1.29 is 9.53 Å². The third kappa shape index (κ3) is 4.91. The van der Waals surface area contributed by atoms with Gasteiger partial charge in [0.05, 0.1) is 0 Å². The first kappa shape index (κ1) is 13.9. The van der Waals surface area contributed by atoms with Crippen LogP contribution in [0.2, 0.25) is 0 Å². The minimum absolute atomic E-state index is 0.373. The van der Waals surface area contributed by atoms with Gasteiger partial charge in [0.15, 0.2) is 0 Å². The molecule has 1 aromatic rings. The summed E-state index contributed by atoms with van der Waals surface area (Å²) < 4.78 is 5.20. The molecular weight excluding hydrogens is 240 g/mol. The van der Waals surface area contributed by atoms with Crippen molar-refractivity contribution in [3.8, 4) is 0 Å². The van der Waals surface area contributed by atoms with Crippen LogP contribution in [0.4, 0.5) is 10.5 Å². The molecule has 0 aliphatic carbocycles. The number of ether oxygens (including phenoxy) is 1. The van der Waals surface area contributed by atoms with E-state index in [0.717, 1.165) is 30.9 Å². The van der Waals surface area contributed by atoms with Crippen molar-refractivity contribution in [3.05, 3.63) is 29.8 Å². The summed E-state index contributed by atoms with van der Waals surface area (Å²) in [6.07, 6.45) is 3.47. The molecule has 0 saturated carbocycles. The van der Waals surface area contributed by atoms with Crippen LogP contribution in [0.15, 0.2) is 24.3 Å². The Morgan fingerprint density at radius 2 is 2.11 bits per heavy atom. The summed E-state index contributed by atoms with van der Waals surface area (Å²) in [5.41, 5.74) is 1.90. The van der Waals surface area contributed by atoms with Crippen LogP contribution in [0.25, 0.3) is 0 Å². The van der Waals surface area contributed by atoms with Gasteiger partial charge in [0.1, 0.15) is 6.61 Å². The smallest absolute Gasteiger partial charge is 0.411 e. The lowest BCUT2D eigenvalue weighted by atomic mass is 10.1. The number of carbonyl (C=O) groups is 1. The second-order valence-electron chi connectivity index (χ2n) is 5.03. The first-order valence-corrected chi connectivity index (χ1v) is 6.97. The summed E-state index contributed by atoms with van der Waals surface area (Å²) >= 11 is 0. The van der Waals surface area contributed by atoms with Gasteiger partial charge in [-0.15, -0.1) is 0 Å².